The second-order valence-corrected chi connectivity index (χ2v) is 8.63. The summed E-state index contributed by atoms with van der Waals surface area (Å²) in [6.45, 7) is 1.88. The monoisotopic (exact) mass is 488 g/mol. The van der Waals surface area contributed by atoms with Crippen LogP contribution >= 0.6 is 11.6 Å². The topological polar surface area (TPSA) is 88.8 Å². The van der Waals surface area contributed by atoms with E-state index in [0.717, 1.165) is 23.2 Å². The van der Waals surface area contributed by atoms with Crippen LogP contribution < -0.4 is 20.6 Å². The molecule has 35 heavy (non-hydrogen) atoms. The Bertz CT molecular complexity index is 1510. The minimum Gasteiger partial charge on any atom is -0.482 e. The van der Waals surface area contributed by atoms with E-state index >= 15 is 0 Å². The highest BCUT2D eigenvalue weighted by molar-refractivity contribution is 6.33. The minimum atomic E-state index is -0.498. The highest BCUT2D eigenvalue weighted by Crippen LogP contribution is 2.35. The van der Waals surface area contributed by atoms with Crippen molar-refractivity contribution in [1.29, 1.82) is 0 Å². The van der Waals surface area contributed by atoms with E-state index in [1.165, 1.54) is 19.1 Å². The maximum absolute atomic E-state index is 12.5. The zero-order valence-electron chi connectivity index (χ0n) is 18.8. The zero-order valence-corrected chi connectivity index (χ0v) is 19.6. The number of hydrogen-bond acceptors (Lipinski definition) is 5. The zero-order chi connectivity index (χ0) is 24.5. The molecule has 2 heterocycles. The van der Waals surface area contributed by atoms with E-state index < -0.39 is 5.63 Å². The molecule has 1 aliphatic rings. The average Bonchev–Trinajstić information content (AvgIpc) is 3.27. The summed E-state index contributed by atoms with van der Waals surface area (Å²) >= 11 is 6.44. The van der Waals surface area contributed by atoms with Gasteiger partial charge in [0.15, 0.2) is 6.61 Å². The lowest BCUT2D eigenvalue weighted by Crippen LogP contribution is -2.25. The normalized spacial score (nSPS) is 12.5. The van der Waals surface area contributed by atoms with Crippen molar-refractivity contribution in [2.45, 2.75) is 13.3 Å². The van der Waals surface area contributed by atoms with Crippen LogP contribution in [0.3, 0.4) is 0 Å². The molecule has 7 nitrogen and oxygen atoms in total. The van der Waals surface area contributed by atoms with Crippen LogP contribution in [-0.2, 0) is 16.0 Å². The number of benzene rings is 3. The molecule has 0 spiro atoms. The first-order valence-corrected chi connectivity index (χ1v) is 11.4. The van der Waals surface area contributed by atoms with E-state index in [4.69, 9.17) is 20.8 Å². The summed E-state index contributed by atoms with van der Waals surface area (Å²) in [4.78, 5) is 38.1. The Kier molecular flexibility index (Phi) is 6.01. The lowest BCUT2D eigenvalue weighted by atomic mass is 10.0. The first-order chi connectivity index (χ1) is 16.9. The Hall–Kier alpha value is -4.10. The number of amides is 2. The molecule has 5 rings (SSSR count). The quantitative estimate of drug-likeness (QED) is 0.397. The van der Waals surface area contributed by atoms with Crippen LogP contribution in [0, 0.1) is 0 Å². The summed E-state index contributed by atoms with van der Waals surface area (Å²) < 4.78 is 11.0. The first-order valence-electron chi connectivity index (χ1n) is 11.1. The van der Waals surface area contributed by atoms with Crippen LogP contribution in [0.25, 0.3) is 22.1 Å². The molecule has 176 valence electrons. The largest absolute Gasteiger partial charge is 0.482 e. The Morgan fingerprint density at radius 3 is 2.66 bits per heavy atom. The van der Waals surface area contributed by atoms with E-state index in [1.54, 1.807) is 17.0 Å². The van der Waals surface area contributed by atoms with Gasteiger partial charge >= 0.3 is 5.63 Å². The lowest BCUT2D eigenvalue weighted by Gasteiger charge is -2.15. The fourth-order valence-corrected chi connectivity index (χ4v) is 4.50. The maximum atomic E-state index is 12.5. The maximum Gasteiger partial charge on any atom is 0.336 e. The predicted octanol–water partition coefficient (Wildman–Crippen LogP) is 5.04. The molecule has 1 aromatic heterocycles. The highest BCUT2D eigenvalue weighted by Gasteiger charge is 2.22. The van der Waals surface area contributed by atoms with Crippen LogP contribution in [0.4, 0.5) is 11.4 Å². The van der Waals surface area contributed by atoms with Gasteiger partial charge < -0.3 is 19.4 Å². The van der Waals surface area contributed by atoms with Crippen molar-refractivity contribution in [2.24, 2.45) is 0 Å². The van der Waals surface area contributed by atoms with Crippen molar-refractivity contribution >= 4 is 45.8 Å². The van der Waals surface area contributed by atoms with Gasteiger partial charge in [0.25, 0.3) is 5.91 Å². The van der Waals surface area contributed by atoms with Crippen molar-refractivity contribution < 1.29 is 18.7 Å². The Morgan fingerprint density at radius 2 is 1.89 bits per heavy atom. The second-order valence-electron chi connectivity index (χ2n) is 8.22. The van der Waals surface area contributed by atoms with Gasteiger partial charge in [-0.1, -0.05) is 41.9 Å². The molecule has 0 unspecified atom stereocenters. The third-order valence-electron chi connectivity index (χ3n) is 5.88. The van der Waals surface area contributed by atoms with Crippen LogP contribution in [0.2, 0.25) is 5.02 Å². The molecule has 4 aromatic rings. The number of nitrogens with zero attached hydrogens (tertiary/aromatic N) is 1. The van der Waals surface area contributed by atoms with Crippen LogP contribution in [-0.4, -0.2) is 25.0 Å². The predicted molar refractivity (Wildman–Crippen MR) is 135 cm³/mol. The molecule has 0 atom stereocenters. The van der Waals surface area contributed by atoms with E-state index in [1.807, 2.05) is 42.5 Å². The summed E-state index contributed by atoms with van der Waals surface area (Å²) in [5, 5.41) is 3.75. The third-order valence-corrected chi connectivity index (χ3v) is 6.17. The smallest absolute Gasteiger partial charge is 0.336 e. The molecule has 1 N–H and O–H groups in total. The fraction of sp³-hybridized carbons (Fsp3) is 0.148. The fourth-order valence-electron chi connectivity index (χ4n) is 4.28. The van der Waals surface area contributed by atoms with E-state index in [9.17, 15) is 14.4 Å². The van der Waals surface area contributed by atoms with Crippen LogP contribution in [0.1, 0.15) is 12.5 Å². The highest BCUT2D eigenvalue weighted by atomic mass is 35.5. The summed E-state index contributed by atoms with van der Waals surface area (Å²) in [5.74, 6) is -0.149. The average molecular weight is 489 g/mol. The number of halogens is 1. The first kappa shape index (κ1) is 22.7. The van der Waals surface area contributed by atoms with Gasteiger partial charge in [0.05, 0.1) is 5.02 Å². The Balaban J connectivity index is 1.32. The van der Waals surface area contributed by atoms with Crippen molar-refractivity contribution in [2.75, 3.05) is 23.4 Å². The molecule has 2 amide bonds. The second kappa shape index (κ2) is 9.27. The summed E-state index contributed by atoms with van der Waals surface area (Å²) in [6.07, 6.45) is 0.734. The van der Waals surface area contributed by atoms with Crippen LogP contribution in [0.5, 0.6) is 5.75 Å². The number of anilines is 2. The summed E-state index contributed by atoms with van der Waals surface area (Å²) in [7, 11) is 0. The van der Waals surface area contributed by atoms with E-state index in [-0.39, 0.29) is 29.2 Å². The Labute approximate surface area is 205 Å². The number of hydrogen-bond donors (Lipinski definition) is 1. The number of ether oxygens (including phenoxy) is 1. The van der Waals surface area contributed by atoms with Gasteiger partial charge in [-0.3, -0.25) is 9.59 Å². The molecule has 0 fully saturated rings. The van der Waals surface area contributed by atoms with Crippen molar-refractivity contribution in [3.63, 3.8) is 0 Å². The third kappa shape index (κ3) is 4.63. The molecule has 0 radical (unpaired) electrons. The van der Waals surface area contributed by atoms with Gasteiger partial charge in [-0.25, -0.2) is 4.79 Å². The van der Waals surface area contributed by atoms with Gasteiger partial charge in [0, 0.05) is 42.4 Å². The number of carbonyl (C=O) groups excluding carboxylic acids is 2. The molecule has 3 aromatic carbocycles. The standard InChI is InChI=1S/C27H21ClN2O5/c1-16(31)30-10-9-18-11-19(7-8-23(18)30)29-26(32)15-34-25-14-24-21(12-22(25)28)20(13-27(33)35-24)17-5-3-2-4-6-17/h2-8,11-14H,9-10,15H2,1H3,(H,29,32). The number of nitrogens with one attached hydrogen (secondary N) is 1. The van der Waals surface area contributed by atoms with Gasteiger partial charge in [0.1, 0.15) is 11.3 Å². The van der Waals surface area contributed by atoms with E-state index in [0.29, 0.717) is 28.8 Å². The minimum absolute atomic E-state index is 0.00655. The van der Waals surface area contributed by atoms with Crippen molar-refractivity contribution in [3.05, 3.63) is 87.7 Å². The van der Waals surface area contributed by atoms with Gasteiger partial charge in [-0.15, -0.1) is 0 Å². The van der Waals surface area contributed by atoms with Crippen molar-refractivity contribution in [3.8, 4) is 16.9 Å². The molecule has 0 bridgehead atoms. The molecular formula is C27H21ClN2O5. The SMILES string of the molecule is CC(=O)N1CCc2cc(NC(=O)COc3cc4oc(=O)cc(-c5ccccc5)c4cc3Cl)ccc21. The van der Waals surface area contributed by atoms with E-state index in [2.05, 4.69) is 5.32 Å². The van der Waals surface area contributed by atoms with Crippen LogP contribution in [0.15, 0.2) is 75.9 Å². The molecule has 1 aliphatic heterocycles. The number of fused-ring (bicyclic) bond motifs is 2. The summed E-state index contributed by atoms with van der Waals surface area (Å²) in [6, 6.07) is 19.5. The molecule has 0 saturated carbocycles. The van der Waals surface area contributed by atoms with Gasteiger partial charge in [-0.2, -0.15) is 0 Å². The van der Waals surface area contributed by atoms with Gasteiger partial charge in [0.2, 0.25) is 5.91 Å². The lowest BCUT2D eigenvalue weighted by molar-refractivity contribution is -0.118. The van der Waals surface area contributed by atoms with Gasteiger partial charge in [-0.05, 0) is 47.4 Å². The molecule has 8 heteroatoms. The molecule has 0 saturated heterocycles. The summed E-state index contributed by atoms with van der Waals surface area (Å²) in [5.41, 5.74) is 3.85. The number of carbonyl (C=O) groups is 2. The molecular weight excluding hydrogens is 468 g/mol. The number of rotatable bonds is 5. The van der Waals surface area contributed by atoms with Crippen molar-refractivity contribution in [1.82, 2.24) is 0 Å². The molecule has 0 aliphatic carbocycles. The Morgan fingerprint density at radius 1 is 1.09 bits per heavy atom.